The Labute approximate surface area is 215 Å². The number of fused-ring (bicyclic) bond motifs is 1. The largest absolute Gasteiger partial charge is 0.493 e. The monoisotopic (exact) mass is 499 g/mol. The minimum absolute atomic E-state index is 0.0236. The summed E-state index contributed by atoms with van der Waals surface area (Å²) >= 11 is 0. The van der Waals surface area contributed by atoms with Crippen LogP contribution in [-0.4, -0.2) is 35.7 Å². The van der Waals surface area contributed by atoms with Crippen molar-refractivity contribution in [2.24, 2.45) is 0 Å². The maximum atomic E-state index is 13.8. The third-order valence-electron chi connectivity index (χ3n) is 6.69. The summed E-state index contributed by atoms with van der Waals surface area (Å²) in [5.41, 5.74) is 3.62. The molecule has 0 aliphatic carbocycles. The van der Waals surface area contributed by atoms with E-state index in [0.29, 0.717) is 43.3 Å². The molecule has 1 amide bonds. The minimum atomic E-state index is -0.354. The van der Waals surface area contributed by atoms with Crippen LogP contribution in [0.1, 0.15) is 30.1 Å². The molecule has 0 saturated carbocycles. The van der Waals surface area contributed by atoms with Crippen LogP contribution in [-0.2, 0) is 17.8 Å². The average molecular weight is 500 g/mol. The lowest BCUT2D eigenvalue weighted by atomic mass is 10.1. The van der Waals surface area contributed by atoms with Crippen molar-refractivity contribution < 1.29 is 18.7 Å². The number of carbonyl (C=O) groups is 1. The third-order valence-corrected chi connectivity index (χ3v) is 6.69. The van der Waals surface area contributed by atoms with Gasteiger partial charge in [0, 0.05) is 31.1 Å². The number of halogens is 1. The highest BCUT2D eigenvalue weighted by atomic mass is 19.1. The first-order valence-corrected chi connectivity index (χ1v) is 12.5. The van der Waals surface area contributed by atoms with Crippen molar-refractivity contribution in [2.75, 3.05) is 25.2 Å². The van der Waals surface area contributed by atoms with Gasteiger partial charge in [-0.1, -0.05) is 30.3 Å². The van der Waals surface area contributed by atoms with Crippen LogP contribution >= 0.6 is 0 Å². The fourth-order valence-corrected chi connectivity index (χ4v) is 4.94. The Morgan fingerprint density at radius 3 is 2.78 bits per heavy atom. The lowest BCUT2D eigenvalue weighted by Gasteiger charge is -2.18. The van der Waals surface area contributed by atoms with E-state index in [9.17, 15) is 9.18 Å². The van der Waals surface area contributed by atoms with Gasteiger partial charge in [0.1, 0.15) is 11.6 Å². The van der Waals surface area contributed by atoms with Crippen LogP contribution in [0.15, 0.2) is 79.4 Å². The Hall–Kier alpha value is -4.13. The van der Waals surface area contributed by atoms with Gasteiger partial charge in [-0.05, 0) is 60.9 Å². The topological polar surface area (TPSA) is 56.6 Å². The molecule has 6 nitrogen and oxygen atoms in total. The Morgan fingerprint density at radius 2 is 1.97 bits per heavy atom. The number of aromatic nitrogens is 2. The molecule has 1 fully saturated rings. The molecule has 3 aromatic carbocycles. The molecule has 0 bridgehead atoms. The van der Waals surface area contributed by atoms with Gasteiger partial charge >= 0.3 is 0 Å². The standard InChI is InChI=1S/C30H30FN3O3/c1-3-8-21-13-14-27(28(17-21)36-2)37-16-7-15-33-26-12-5-4-11-25(26)32-30(33)22-18-29(35)34(20-22)24-10-6-9-23(31)19-24/h3-6,9-14,17,19,22H,1,7-8,15-16,18,20H2,2H3. The Balaban J connectivity index is 1.32. The van der Waals surface area contributed by atoms with E-state index in [-0.39, 0.29) is 17.6 Å². The second-order valence-corrected chi connectivity index (χ2v) is 9.18. The first kappa shape index (κ1) is 24.6. The van der Waals surface area contributed by atoms with Crippen LogP contribution in [0.2, 0.25) is 0 Å². The van der Waals surface area contributed by atoms with Crippen LogP contribution in [0, 0.1) is 5.82 Å². The summed E-state index contributed by atoms with van der Waals surface area (Å²) in [6, 6.07) is 20.1. The Morgan fingerprint density at radius 1 is 1.11 bits per heavy atom. The van der Waals surface area contributed by atoms with Gasteiger partial charge in [0.05, 0.1) is 24.8 Å². The van der Waals surface area contributed by atoms with Crippen molar-refractivity contribution >= 4 is 22.6 Å². The van der Waals surface area contributed by atoms with E-state index in [1.807, 2.05) is 42.5 Å². The van der Waals surface area contributed by atoms with Gasteiger partial charge in [-0.2, -0.15) is 0 Å². The number of hydrogen-bond donors (Lipinski definition) is 0. The quantitative estimate of drug-likeness (QED) is 0.201. The predicted molar refractivity (Wildman–Crippen MR) is 143 cm³/mol. The Bertz CT molecular complexity index is 1430. The normalized spacial score (nSPS) is 15.4. The van der Waals surface area contributed by atoms with E-state index < -0.39 is 0 Å². The van der Waals surface area contributed by atoms with Crippen molar-refractivity contribution in [3.8, 4) is 11.5 Å². The average Bonchev–Trinajstić information content (AvgIpc) is 3.47. The van der Waals surface area contributed by atoms with Gasteiger partial charge in [-0.15, -0.1) is 6.58 Å². The van der Waals surface area contributed by atoms with Crippen molar-refractivity contribution in [3.63, 3.8) is 0 Å². The number of allylic oxidation sites excluding steroid dienone is 1. The number of methoxy groups -OCH3 is 1. The molecule has 190 valence electrons. The summed E-state index contributed by atoms with van der Waals surface area (Å²) in [4.78, 5) is 19.4. The zero-order valence-electron chi connectivity index (χ0n) is 20.9. The molecule has 2 heterocycles. The van der Waals surface area contributed by atoms with E-state index in [0.717, 1.165) is 35.3 Å². The molecule has 1 aliphatic rings. The van der Waals surface area contributed by atoms with E-state index in [4.69, 9.17) is 14.5 Å². The Kier molecular flexibility index (Phi) is 7.21. The predicted octanol–water partition coefficient (Wildman–Crippen LogP) is 5.90. The molecule has 4 aromatic rings. The first-order chi connectivity index (χ1) is 18.1. The smallest absolute Gasteiger partial charge is 0.227 e. The molecule has 37 heavy (non-hydrogen) atoms. The summed E-state index contributed by atoms with van der Waals surface area (Å²) in [6.07, 6.45) is 3.72. The fourth-order valence-electron chi connectivity index (χ4n) is 4.94. The van der Waals surface area contributed by atoms with E-state index in [1.54, 1.807) is 24.1 Å². The van der Waals surface area contributed by atoms with Gasteiger partial charge in [-0.25, -0.2) is 9.37 Å². The van der Waals surface area contributed by atoms with Gasteiger partial charge in [0.2, 0.25) is 5.91 Å². The second-order valence-electron chi connectivity index (χ2n) is 9.18. The highest BCUT2D eigenvalue weighted by Gasteiger charge is 2.35. The summed E-state index contributed by atoms with van der Waals surface area (Å²) in [6.45, 7) is 5.45. The fraction of sp³-hybridized carbons (Fsp3) is 0.267. The summed E-state index contributed by atoms with van der Waals surface area (Å²) in [7, 11) is 1.64. The molecule has 1 atom stereocenters. The van der Waals surface area contributed by atoms with Crippen LogP contribution in [0.4, 0.5) is 10.1 Å². The van der Waals surface area contributed by atoms with E-state index in [2.05, 4.69) is 17.2 Å². The van der Waals surface area contributed by atoms with Gasteiger partial charge < -0.3 is 18.9 Å². The number of carbonyl (C=O) groups excluding carboxylic acids is 1. The van der Waals surface area contributed by atoms with Crippen LogP contribution in [0.25, 0.3) is 11.0 Å². The molecule has 5 rings (SSSR count). The molecular weight excluding hydrogens is 469 g/mol. The number of imidazole rings is 1. The van der Waals surface area contributed by atoms with E-state index in [1.165, 1.54) is 12.1 Å². The number of nitrogens with zero attached hydrogens (tertiary/aromatic N) is 3. The SMILES string of the molecule is C=CCc1ccc(OCCCn2c(C3CC(=O)N(c4cccc(F)c4)C3)nc3ccccc32)c(OC)c1. The lowest BCUT2D eigenvalue weighted by molar-refractivity contribution is -0.117. The molecule has 0 N–H and O–H groups in total. The number of anilines is 1. The highest BCUT2D eigenvalue weighted by molar-refractivity contribution is 5.96. The summed E-state index contributed by atoms with van der Waals surface area (Å²) in [5.74, 6) is 1.83. The van der Waals surface area contributed by atoms with Crippen molar-refractivity contribution in [1.82, 2.24) is 9.55 Å². The summed E-state index contributed by atoms with van der Waals surface area (Å²) < 4.78 is 27.5. The lowest BCUT2D eigenvalue weighted by Crippen LogP contribution is -2.24. The van der Waals surface area contributed by atoms with Gasteiger partial charge in [0.25, 0.3) is 0 Å². The van der Waals surface area contributed by atoms with Gasteiger partial charge in [0.15, 0.2) is 11.5 Å². The molecule has 1 unspecified atom stereocenters. The maximum Gasteiger partial charge on any atom is 0.227 e. The molecule has 7 heteroatoms. The summed E-state index contributed by atoms with van der Waals surface area (Å²) in [5, 5.41) is 0. The molecule has 1 aromatic heterocycles. The van der Waals surface area contributed by atoms with E-state index >= 15 is 0 Å². The molecule has 0 radical (unpaired) electrons. The van der Waals surface area contributed by atoms with Gasteiger partial charge in [-0.3, -0.25) is 4.79 Å². The maximum absolute atomic E-state index is 13.8. The number of ether oxygens (including phenoxy) is 2. The van der Waals surface area contributed by atoms with Crippen LogP contribution < -0.4 is 14.4 Å². The number of benzene rings is 3. The number of hydrogen-bond acceptors (Lipinski definition) is 4. The molecule has 1 aliphatic heterocycles. The number of para-hydroxylation sites is 2. The first-order valence-electron chi connectivity index (χ1n) is 12.5. The number of amides is 1. The zero-order valence-corrected chi connectivity index (χ0v) is 20.9. The minimum Gasteiger partial charge on any atom is -0.493 e. The number of aryl methyl sites for hydroxylation is 1. The molecule has 1 saturated heterocycles. The highest BCUT2D eigenvalue weighted by Crippen LogP contribution is 2.34. The second kappa shape index (κ2) is 10.9. The zero-order chi connectivity index (χ0) is 25.8. The van der Waals surface area contributed by atoms with Crippen LogP contribution in [0.3, 0.4) is 0 Å². The molecular formula is C30H30FN3O3. The van der Waals surface area contributed by atoms with Crippen molar-refractivity contribution in [1.29, 1.82) is 0 Å². The third kappa shape index (κ3) is 5.21. The molecule has 0 spiro atoms. The van der Waals surface area contributed by atoms with Crippen molar-refractivity contribution in [2.45, 2.75) is 31.7 Å². The van der Waals surface area contributed by atoms with Crippen LogP contribution in [0.5, 0.6) is 11.5 Å². The number of rotatable bonds is 10. The van der Waals surface area contributed by atoms with Crippen molar-refractivity contribution in [3.05, 3.63) is 96.6 Å².